The molecule has 0 saturated heterocycles. The summed E-state index contributed by atoms with van der Waals surface area (Å²) in [5.74, 6) is -4.41. The molecule has 0 rings (SSSR count). The molecule has 0 aromatic rings. The van der Waals surface area contributed by atoms with E-state index in [1.807, 2.05) is 0 Å². The molecular formula is C6H10BLiO9. The Morgan fingerprint density at radius 2 is 0.941 bits per heavy atom. The molecule has 17 heavy (non-hydrogen) atoms. The largest absolute Gasteiger partial charge is 1.00 e. The molecule has 0 aromatic heterocycles. The molecule has 0 bridgehead atoms. The molecule has 0 saturated carbocycles. The average Bonchev–Trinajstić information content (AvgIpc) is 2.03. The molecule has 0 aliphatic carbocycles. The summed E-state index contributed by atoms with van der Waals surface area (Å²) in [7, 11) is -2.42. The second-order valence-electron chi connectivity index (χ2n) is 2.05. The van der Waals surface area contributed by atoms with Gasteiger partial charge in [-0.15, -0.1) is 0 Å². The quantitative estimate of drug-likeness (QED) is 0.272. The molecule has 0 radical (unpaired) electrons. The Balaban J connectivity index is -0.0000000741. The van der Waals surface area contributed by atoms with Gasteiger partial charge in [0.05, 0.1) is 0 Å². The van der Waals surface area contributed by atoms with Gasteiger partial charge in [-0.05, 0) is 0 Å². The van der Waals surface area contributed by atoms with Crippen molar-refractivity contribution in [1.82, 2.24) is 0 Å². The van der Waals surface area contributed by atoms with Crippen LogP contribution in [0.15, 0.2) is 0 Å². The topological polar surface area (TPSA) is 172 Å². The third-order valence-electron chi connectivity index (χ3n) is 0.602. The molecule has 0 unspecified atom stereocenters. The zero-order valence-electron chi connectivity index (χ0n) is 9.41. The Kier molecular flexibility index (Phi) is 21.7. The number of rotatable bonds is 2. The predicted molar refractivity (Wildman–Crippen MR) is 46.8 cm³/mol. The van der Waals surface area contributed by atoms with Crippen LogP contribution in [-0.2, 0) is 19.2 Å². The summed E-state index contributed by atoms with van der Waals surface area (Å²) in [5.41, 5.74) is 0. The van der Waals surface area contributed by atoms with Gasteiger partial charge in [-0.3, -0.25) is 9.59 Å². The summed E-state index contributed by atoms with van der Waals surface area (Å²) in [4.78, 5) is 37.8. The van der Waals surface area contributed by atoms with E-state index in [0.717, 1.165) is 13.8 Å². The van der Waals surface area contributed by atoms with Crippen LogP contribution in [0.1, 0.15) is 13.8 Å². The number of aliphatic carboxylic acids is 2. The van der Waals surface area contributed by atoms with E-state index >= 15 is 0 Å². The van der Waals surface area contributed by atoms with Crippen LogP contribution in [0, 0.1) is 0 Å². The average molecular weight is 244 g/mol. The summed E-state index contributed by atoms with van der Waals surface area (Å²) in [6, 6.07) is 0. The van der Waals surface area contributed by atoms with E-state index in [0.29, 0.717) is 0 Å². The van der Waals surface area contributed by atoms with Crippen molar-refractivity contribution < 1.29 is 63.3 Å². The van der Waals surface area contributed by atoms with Crippen LogP contribution >= 0.6 is 0 Å². The normalized spacial score (nSPS) is 6.88. The van der Waals surface area contributed by atoms with Crippen LogP contribution in [0.5, 0.6) is 0 Å². The van der Waals surface area contributed by atoms with Gasteiger partial charge in [0.2, 0.25) is 11.6 Å². The van der Waals surface area contributed by atoms with Crippen molar-refractivity contribution in [3.05, 3.63) is 0 Å². The molecule has 0 atom stereocenters. The molecule has 0 amide bonds. The fraction of sp³-hybridized carbons (Fsp3) is 0.333. The van der Waals surface area contributed by atoms with E-state index in [1.54, 1.807) is 0 Å². The fourth-order valence-electron chi connectivity index (χ4n) is 0. The summed E-state index contributed by atoms with van der Waals surface area (Å²) in [6.45, 7) is 2.00. The van der Waals surface area contributed by atoms with Crippen molar-refractivity contribution in [2.45, 2.75) is 13.8 Å². The zero-order chi connectivity index (χ0) is 13.9. The Hall–Kier alpha value is -1.18. The van der Waals surface area contributed by atoms with E-state index in [1.165, 1.54) is 0 Å². The minimum atomic E-state index is -2.42. The molecule has 4 N–H and O–H groups in total. The van der Waals surface area contributed by atoms with Crippen LogP contribution in [0.2, 0.25) is 0 Å². The second-order valence-corrected chi connectivity index (χ2v) is 2.05. The van der Waals surface area contributed by atoms with Gasteiger partial charge < -0.3 is 25.3 Å². The first-order valence-electron chi connectivity index (χ1n) is 3.52. The third kappa shape index (κ3) is 52.4. The Bertz CT molecular complexity index is 213. The maximum Gasteiger partial charge on any atom is 1.00 e. The number of carboxylic acids is 2. The molecule has 0 aliphatic heterocycles. The van der Waals surface area contributed by atoms with Gasteiger partial charge in [-0.25, -0.2) is 9.59 Å². The number of carbonyl (C=O) groups is 4. The molecule has 9 nitrogen and oxygen atoms in total. The van der Waals surface area contributed by atoms with Crippen LogP contribution in [0.25, 0.3) is 0 Å². The summed E-state index contributed by atoms with van der Waals surface area (Å²) >= 11 is 0. The van der Waals surface area contributed by atoms with E-state index in [9.17, 15) is 19.2 Å². The Morgan fingerprint density at radius 3 is 0.941 bits per heavy atom. The van der Waals surface area contributed by atoms with E-state index in [2.05, 4.69) is 0 Å². The number of carbonyl (C=O) groups excluding carboxylic acids is 2. The van der Waals surface area contributed by atoms with Gasteiger partial charge in [-0.1, -0.05) is 0 Å². The summed E-state index contributed by atoms with van der Waals surface area (Å²) in [6.07, 6.45) is 0. The van der Waals surface area contributed by atoms with Gasteiger partial charge in [0, 0.05) is 13.8 Å². The monoisotopic (exact) mass is 244 g/mol. The molecule has 0 fully saturated rings. The number of hydrogen-bond donors (Lipinski definition) is 4. The van der Waals surface area contributed by atoms with Gasteiger partial charge in [0.25, 0.3) is 0 Å². The van der Waals surface area contributed by atoms with E-state index < -0.39 is 30.8 Å². The minimum absolute atomic E-state index is 0. The molecule has 0 aliphatic rings. The Labute approximate surface area is 108 Å². The van der Waals surface area contributed by atoms with Crippen molar-refractivity contribution in [3.63, 3.8) is 0 Å². The van der Waals surface area contributed by atoms with Crippen molar-refractivity contribution in [3.8, 4) is 0 Å². The van der Waals surface area contributed by atoms with Gasteiger partial charge in [0.15, 0.2) is 0 Å². The molecule has 92 valence electrons. The standard InChI is InChI=1S/2C3H4O3.BH2O3.Li/c2*1-2(4)3(5)6;2-1(3)4;/h2*1H3,(H,5,6);2-3H;/q;;-1;+1. The first-order chi connectivity index (χ1) is 7.02. The maximum absolute atomic E-state index is 9.54. The van der Waals surface area contributed by atoms with Crippen molar-refractivity contribution in [2.24, 2.45) is 0 Å². The van der Waals surface area contributed by atoms with Crippen molar-refractivity contribution in [1.29, 1.82) is 0 Å². The third-order valence-corrected chi connectivity index (χ3v) is 0.602. The second kappa shape index (κ2) is 14.8. The smallest absolute Gasteiger partial charge is 0.832 e. The van der Waals surface area contributed by atoms with Crippen LogP contribution in [0.3, 0.4) is 0 Å². The number of Topliss-reactive ketones (excluding diaryl/α,β-unsaturated/α-hetero) is 2. The first kappa shape index (κ1) is 24.9. The number of ketones is 2. The Morgan fingerprint density at radius 1 is 0.882 bits per heavy atom. The van der Waals surface area contributed by atoms with Gasteiger partial charge >= 0.3 is 38.1 Å². The maximum atomic E-state index is 9.54. The molecule has 0 aromatic carbocycles. The van der Waals surface area contributed by atoms with E-state index in [-0.39, 0.29) is 18.9 Å². The summed E-state index contributed by atoms with van der Waals surface area (Å²) < 4.78 is 0. The molecular weight excluding hydrogens is 234 g/mol. The molecule has 0 spiro atoms. The van der Waals surface area contributed by atoms with Crippen molar-refractivity contribution >= 4 is 30.8 Å². The number of carboxylic acid groups (broad SMARTS) is 2. The predicted octanol–water partition coefficient (Wildman–Crippen LogP) is -6.36. The first-order valence-corrected chi connectivity index (χ1v) is 3.52. The zero-order valence-corrected chi connectivity index (χ0v) is 9.41. The number of hydrogen-bond acceptors (Lipinski definition) is 7. The fourth-order valence-corrected chi connectivity index (χ4v) is 0. The van der Waals surface area contributed by atoms with Crippen molar-refractivity contribution in [2.75, 3.05) is 0 Å². The van der Waals surface area contributed by atoms with E-state index in [4.69, 9.17) is 25.3 Å². The SMILES string of the molecule is CC(=O)C(=O)O.CC(=O)C(=O)O.[Li+].[O-]B(O)O. The summed E-state index contributed by atoms with van der Waals surface area (Å²) in [5, 5.41) is 38.0. The molecule has 11 heteroatoms. The van der Waals surface area contributed by atoms with Crippen LogP contribution in [0.4, 0.5) is 0 Å². The van der Waals surface area contributed by atoms with Gasteiger partial charge in [0.1, 0.15) is 0 Å². The van der Waals surface area contributed by atoms with Gasteiger partial charge in [-0.2, -0.15) is 0 Å². The van der Waals surface area contributed by atoms with Crippen LogP contribution in [-0.4, -0.2) is 51.1 Å². The minimum Gasteiger partial charge on any atom is -0.832 e. The van der Waals surface area contributed by atoms with Crippen LogP contribution < -0.4 is 23.9 Å². The molecule has 0 heterocycles.